The molecule has 2 rings (SSSR count). The number of ether oxygens (including phenoxy) is 2. The standard InChI is InChI=1S/C40H58N6O6/c1-4-5-6-7-8-9-10-11-12-13-14-15-16-17-18-19-20-21-22-25-34(47)26-23-28-45(3)29-24-27-38(48)51-32-36-35(43-44-41)30-37(52-36)46-31-33(2)39(49)42-40(46)50/h5-6,8-9,11-12,14-15,17-18,20-21,31,35-37H,4,7,10,13,16,19,22-30,32H2,1-3H3,(H,42,49,50)/b6-5-,9-8-,12-11-,15-14-,18-17-,21-20-/t35-,36+,37?/m0/s1. The van der Waals surface area contributed by atoms with E-state index in [1.165, 1.54) is 10.8 Å². The van der Waals surface area contributed by atoms with Crippen LogP contribution in [0.4, 0.5) is 0 Å². The van der Waals surface area contributed by atoms with Gasteiger partial charge in [-0.2, -0.15) is 0 Å². The predicted molar refractivity (Wildman–Crippen MR) is 207 cm³/mol. The van der Waals surface area contributed by atoms with E-state index in [1.807, 2.05) is 7.05 Å². The van der Waals surface area contributed by atoms with E-state index in [0.717, 1.165) is 57.9 Å². The van der Waals surface area contributed by atoms with Crippen LogP contribution in [0.5, 0.6) is 0 Å². The zero-order valence-corrected chi connectivity index (χ0v) is 31.2. The summed E-state index contributed by atoms with van der Waals surface area (Å²) in [6.45, 7) is 5.04. The number of carbonyl (C=O) groups is 2. The van der Waals surface area contributed by atoms with Gasteiger partial charge in [0, 0.05) is 42.4 Å². The highest BCUT2D eigenvalue weighted by atomic mass is 16.6. The lowest BCUT2D eigenvalue weighted by Crippen LogP contribution is -2.33. The van der Waals surface area contributed by atoms with Crippen LogP contribution < -0.4 is 11.2 Å². The molecule has 12 nitrogen and oxygen atoms in total. The Morgan fingerprint density at radius 1 is 0.923 bits per heavy atom. The molecular formula is C40H58N6O6. The summed E-state index contributed by atoms with van der Waals surface area (Å²) < 4.78 is 12.5. The Kier molecular flexibility index (Phi) is 22.8. The van der Waals surface area contributed by atoms with Crippen LogP contribution in [0.25, 0.3) is 10.4 Å². The first-order chi connectivity index (χ1) is 25.2. The maximum absolute atomic E-state index is 12.4. The molecular weight excluding hydrogens is 660 g/mol. The molecule has 1 fully saturated rings. The second kappa shape index (κ2) is 27.2. The molecule has 2 heterocycles. The minimum Gasteiger partial charge on any atom is -0.463 e. The van der Waals surface area contributed by atoms with Crippen LogP contribution in [0, 0.1) is 6.92 Å². The Morgan fingerprint density at radius 2 is 1.48 bits per heavy atom. The minimum absolute atomic E-state index is 0.118. The highest BCUT2D eigenvalue weighted by Crippen LogP contribution is 2.30. The largest absolute Gasteiger partial charge is 0.463 e. The van der Waals surface area contributed by atoms with Gasteiger partial charge in [-0.1, -0.05) is 85.0 Å². The Morgan fingerprint density at radius 3 is 2.06 bits per heavy atom. The number of azide groups is 1. The van der Waals surface area contributed by atoms with Crippen LogP contribution in [0.2, 0.25) is 0 Å². The number of H-pyrrole nitrogens is 1. The number of nitrogens with one attached hydrogen (secondary N) is 1. The van der Waals surface area contributed by atoms with Crippen LogP contribution in [0.1, 0.15) is 102 Å². The molecule has 0 radical (unpaired) electrons. The van der Waals surface area contributed by atoms with E-state index in [9.17, 15) is 19.2 Å². The van der Waals surface area contributed by atoms with Crippen LogP contribution in [-0.4, -0.2) is 65.1 Å². The minimum atomic E-state index is -0.764. The van der Waals surface area contributed by atoms with Crippen molar-refractivity contribution in [2.45, 2.75) is 116 Å². The molecule has 1 aliphatic rings. The van der Waals surface area contributed by atoms with Gasteiger partial charge in [-0.3, -0.25) is 23.9 Å². The fourth-order valence-corrected chi connectivity index (χ4v) is 5.43. The SMILES string of the molecule is CC/C=C\C/C=C\C/C=C\C/C=C\C/C=C\C/C=C\CCC(=O)CCCN(C)CCCC(=O)OC[C@H]1OC(n2cc(C)c(=O)[nH]c2=O)C[C@@H]1N=[N+]=[N-]. The number of nitrogens with zero attached hydrogens (tertiary/aromatic N) is 5. The highest BCUT2D eigenvalue weighted by molar-refractivity contribution is 5.78. The lowest BCUT2D eigenvalue weighted by atomic mass is 10.1. The average molecular weight is 719 g/mol. The van der Waals surface area contributed by atoms with Crippen molar-refractivity contribution in [1.82, 2.24) is 14.5 Å². The van der Waals surface area contributed by atoms with Crippen molar-refractivity contribution in [3.8, 4) is 0 Å². The van der Waals surface area contributed by atoms with E-state index in [0.29, 0.717) is 31.4 Å². The van der Waals surface area contributed by atoms with Gasteiger partial charge in [-0.05, 0) is 90.4 Å². The summed E-state index contributed by atoms with van der Waals surface area (Å²) in [5, 5.41) is 3.75. The summed E-state index contributed by atoms with van der Waals surface area (Å²) in [6, 6.07) is -0.638. The number of aromatic amines is 1. The Balaban J connectivity index is 1.50. The summed E-state index contributed by atoms with van der Waals surface area (Å²) in [7, 11) is 1.96. The molecule has 52 heavy (non-hydrogen) atoms. The van der Waals surface area contributed by atoms with Crippen molar-refractivity contribution in [3.05, 3.63) is 116 Å². The van der Waals surface area contributed by atoms with Crippen LogP contribution in [0.15, 0.2) is 93.8 Å². The molecule has 0 spiro atoms. The van der Waals surface area contributed by atoms with Crippen LogP contribution in [-0.2, 0) is 19.1 Å². The highest BCUT2D eigenvalue weighted by Gasteiger charge is 2.37. The number of ketones is 1. The average Bonchev–Trinajstić information content (AvgIpc) is 3.52. The second-order valence-electron chi connectivity index (χ2n) is 12.8. The van der Waals surface area contributed by atoms with Crippen LogP contribution >= 0.6 is 0 Å². The van der Waals surface area contributed by atoms with Gasteiger partial charge in [-0.25, -0.2) is 4.79 Å². The van der Waals surface area contributed by atoms with E-state index < -0.39 is 35.6 Å². The number of aryl methyl sites for hydroxylation is 1. The number of carbonyl (C=O) groups excluding carboxylic acids is 2. The molecule has 3 atom stereocenters. The van der Waals surface area contributed by atoms with Gasteiger partial charge in [0.15, 0.2) is 0 Å². The summed E-state index contributed by atoms with van der Waals surface area (Å²) in [5.41, 5.74) is 8.18. The molecule has 0 aromatic carbocycles. The van der Waals surface area contributed by atoms with Gasteiger partial charge in [0.2, 0.25) is 0 Å². The van der Waals surface area contributed by atoms with Gasteiger partial charge >= 0.3 is 11.7 Å². The third-order valence-electron chi connectivity index (χ3n) is 8.37. The Hall–Kier alpha value is -4.51. The van der Waals surface area contributed by atoms with Gasteiger partial charge < -0.3 is 14.4 Å². The van der Waals surface area contributed by atoms with E-state index in [4.69, 9.17) is 15.0 Å². The van der Waals surface area contributed by atoms with Crippen molar-refractivity contribution in [1.29, 1.82) is 0 Å². The maximum Gasteiger partial charge on any atom is 0.330 e. The summed E-state index contributed by atoms with van der Waals surface area (Å²) in [4.78, 5) is 55.8. The predicted octanol–water partition coefficient (Wildman–Crippen LogP) is 7.89. The number of hydrogen-bond donors (Lipinski definition) is 1. The molecule has 1 aliphatic heterocycles. The van der Waals surface area contributed by atoms with Crippen molar-refractivity contribution >= 4 is 11.8 Å². The first-order valence-corrected chi connectivity index (χ1v) is 18.5. The molecule has 1 unspecified atom stereocenters. The van der Waals surface area contributed by atoms with Gasteiger partial charge in [0.25, 0.3) is 5.56 Å². The van der Waals surface area contributed by atoms with E-state index in [2.05, 4.69) is 99.7 Å². The molecule has 1 aromatic heterocycles. The molecule has 0 bridgehead atoms. The summed E-state index contributed by atoms with van der Waals surface area (Å²) >= 11 is 0. The van der Waals surface area contributed by atoms with E-state index in [-0.39, 0.29) is 25.2 Å². The van der Waals surface area contributed by atoms with Crippen molar-refractivity contribution in [2.75, 3.05) is 26.7 Å². The third kappa shape index (κ3) is 19.2. The lowest BCUT2D eigenvalue weighted by molar-refractivity contribution is -0.148. The molecule has 1 saturated heterocycles. The third-order valence-corrected chi connectivity index (χ3v) is 8.37. The Bertz CT molecular complexity index is 1560. The van der Waals surface area contributed by atoms with E-state index >= 15 is 0 Å². The normalized spacial score (nSPS) is 18.0. The van der Waals surface area contributed by atoms with E-state index in [1.54, 1.807) is 6.92 Å². The van der Waals surface area contributed by atoms with Crippen molar-refractivity contribution < 1.29 is 19.1 Å². The van der Waals surface area contributed by atoms with Crippen molar-refractivity contribution in [2.24, 2.45) is 5.11 Å². The molecule has 0 aliphatic carbocycles. The lowest BCUT2D eigenvalue weighted by Gasteiger charge is -2.18. The molecule has 12 heteroatoms. The molecule has 284 valence electrons. The number of aromatic nitrogens is 2. The quantitative estimate of drug-likeness (QED) is 0.0335. The number of Topliss-reactive ketones (excluding diaryl/α,β-unsaturated/α-hetero) is 1. The molecule has 0 amide bonds. The fraction of sp³-hybridized carbons (Fsp3) is 0.550. The fourth-order valence-electron chi connectivity index (χ4n) is 5.43. The number of esters is 1. The number of allylic oxidation sites excluding steroid dienone is 12. The first-order valence-electron chi connectivity index (χ1n) is 18.5. The Labute approximate surface area is 308 Å². The summed E-state index contributed by atoms with van der Waals surface area (Å²) in [5.74, 6) is -0.144. The van der Waals surface area contributed by atoms with Gasteiger partial charge in [0.1, 0.15) is 24.7 Å². The van der Waals surface area contributed by atoms with Gasteiger partial charge in [0.05, 0.1) is 6.04 Å². The topological polar surface area (TPSA) is 159 Å². The number of hydrogen-bond acceptors (Lipinski definition) is 8. The molecule has 0 saturated carbocycles. The summed E-state index contributed by atoms with van der Waals surface area (Å²) in [6.07, 6.45) is 35.4. The second-order valence-corrected chi connectivity index (χ2v) is 12.8. The molecule has 1 N–H and O–H groups in total. The monoisotopic (exact) mass is 718 g/mol. The molecule has 1 aromatic rings. The zero-order valence-electron chi connectivity index (χ0n) is 31.2. The van der Waals surface area contributed by atoms with Gasteiger partial charge in [-0.15, -0.1) is 0 Å². The van der Waals surface area contributed by atoms with Crippen molar-refractivity contribution in [3.63, 3.8) is 0 Å². The smallest absolute Gasteiger partial charge is 0.330 e. The maximum atomic E-state index is 12.4. The number of rotatable bonds is 26. The van der Waals surface area contributed by atoms with Crippen LogP contribution in [0.3, 0.4) is 0 Å². The zero-order chi connectivity index (χ0) is 37.8. The first kappa shape index (κ1) is 43.7.